The van der Waals surface area contributed by atoms with Gasteiger partial charge in [0.25, 0.3) is 0 Å². The van der Waals surface area contributed by atoms with E-state index in [-0.39, 0.29) is 5.69 Å². The van der Waals surface area contributed by atoms with E-state index in [0.717, 1.165) is 6.42 Å². The number of hydrogen-bond donors (Lipinski definition) is 1. The molecule has 0 bridgehead atoms. The zero-order valence-electron chi connectivity index (χ0n) is 13.8. The van der Waals surface area contributed by atoms with E-state index in [4.69, 9.17) is 0 Å². The van der Waals surface area contributed by atoms with Crippen molar-refractivity contribution in [2.75, 3.05) is 12.5 Å². The lowest BCUT2D eigenvalue weighted by Crippen LogP contribution is -2.06. The van der Waals surface area contributed by atoms with Gasteiger partial charge in [0.15, 0.2) is 0 Å². The van der Waals surface area contributed by atoms with E-state index < -0.39 is 5.97 Å². The van der Waals surface area contributed by atoms with Crippen molar-refractivity contribution in [1.29, 1.82) is 5.26 Å². The number of carbonyl (C=O) groups is 1. The number of aromatic carboxylic acids is 1. The van der Waals surface area contributed by atoms with Crippen LogP contribution in [0.25, 0.3) is 5.57 Å². The highest BCUT2D eigenvalue weighted by atomic mass is 79.9. The average Bonchev–Trinajstić information content (AvgIpc) is 2.80. The summed E-state index contributed by atoms with van der Waals surface area (Å²) in [5.41, 5.74) is 1.58. The molecule has 0 amide bonds. The lowest BCUT2D eigenvalue weighted by molar-refractivity contribution is 0.0686. The lowest BCUT2D eigenvalue weighted by atomic mass is 10.00. The lowest BCUT2D eigenvalue weighted by Gasteiger charge is -2.05. The molecule has 1 heterocycles. The van der Waals surface area contributed by atoms with Crippen molar-refractivity contribution >= 4 is 39.2 Å². The van der Waals surface area contributed by atoms with Gasteiger partial charge in [-0.05, 0) is 30.6 Å². The molecule has 0 radical (unpaired) electrons. The predicted molar refractivity (Wildman–Crippen MR) is 102 cm³/mol. The second-order valence-corrected chi connectivity index (χ2v) is 6.39. The molecule has 0 unspecified atom stereocenters. The maximum absolute atomic E-state index is 11.4. The summed E-state index contributed by atoms with van der Waals surface area (Å²) < 4.78 is 2.13. The van der Waals surface area contributed by atoms with Crippen LogP contribution in [0.1, 0.15) is 35.0 Å². The maximum atomic E-state index is 11.4. The van der Waals surface area contributed by atoms with Crippen molar-refractivity contribution in [3.8, 4) is 6.07 Å². The summed E-state index contributed by atoms with van der Waals surface area (Å²) in [5, 5.41) is 18.5. The van der Waals surface area contributed by atoms with Gasteiger partial charge in [-0.3, -0.25) is 0 Å². The van der Waals surface area contributed by atoms with Crippen molar-refractivity contribution in [2.24, 2.45) is 7.05 Å². The van der Waals surface area contributed by atoms with Crippen LogP contribution in [-0.2, 0) is 7.05 Å². The minimum Gasteiger partial charge on any atom is -0.477 e. The number of carboxylic acid groups (broad SMARTS) is 1. The smallest absolute Gasteiger partial charge is 0.353 e. The molecule has 1 aromatic rings. The normalized spacial score (nSPS) is 10.9. The van der Waals surface area contributed by atoms with E-state index in [9.17, 15) is 15.2 Å². The summed E-state index contributed by atoms with van der Waals surface area (Å²) in [6.45, 7) is 5.65. The van der Waals surface area contributed by atoms with Crippen molar-refractivity contribution in [1.82, 2.24) is 4.57 Å². The van der Waals surface area contributed by atoms with Crippen LogP contribution in [0.4, 0.5) is 0 Å². The highest BCUT2D eigenvalue weighted by Gasteiger charge is 2.21. The number of rotatable bonds is 5. The third-order valence-electron chi connectivity index (χ3n) is 2.66. The number of halogens is 1. The van der Waals surface area contributed by atoms with Gasteiger partial charge >= 0.3 is 5.97 Å². The van der Waals surface area contributed by atoms with Crippen LogP contribution in [0.3, 0.4) is 0 Å². The van der Waals surface area contributed by atoms with Crippen molar-refractivity contribution in [3.63, 3.8) is 0 Å². The topological polar surface area (TPSA) is 66.0 Å². The van der Waals surface area contributed by atoms with Gasteiger partial charge < -0.3 is 9.67 Å². The van der Waals surface area contributed by atoms with Gasteiger partial charge in [-0.2, -0.15) is 17.0 Å². The maximum Gasteiger partial charge on any atom is 0.353 e. The van der Waals surface area contributed by atoms with E-state index in [2.05, 4.69) is 22.5 Å². The molecule has 1 aromatic heterocycles. The van der Waals surface area contributed by atoms with Gasteiger partial charge in [0, 0.05) is 23.3 Å². The standard InChI is InChI=1S/C15H15BrN2O2.C2H6S/c1-4-5-11(7-6-10(2)16)13-12(8-17)9-18(3)14(13)15(19)20;1-3-2/h5-7,9H,2,4H2,1,3H3,(H,19,20);1-2H3/b7-6-,11-5+;. The van der Waals surface area contributed by atoms with Gasteiger partial charge in [-0.15, -0.1) is 0 Å². The number of hydrogen-bond acceptors (Lipinski definition) is 3. The molecule has 0 fully saturated rings. The Morgan fingerprint density at radius 1 is 1.52 bits per heavy atom. The van der Waals surface area contributed by atoms with Gasteiger partial charge in [-0.25, -0.2) is 4.79 Å². The van der Waals surface area contributed by atoms with E-state index in [1.54, 1.807) is 31.0 Å². The highest BCUT2D eigenvalue weighted by molar-refractivity contribution is 9.11. The van der Waals surface area contributed by atoms with Crippen LogP contribution in [0.15, 0.2) is 35.5 Å². The van der Waals surface area contributed by atoms with Gasteiger partial charge in [0.1, 0.15) is 11.8 Å². The van der Waals surface area contributed by atoms with Crippen LogP contribution in [0.5, 0.6) is 0 Å². The summed E-state index contributed by atoms with van der Waals surface area (Å²) >= 11 is 4.97. The Hall–Kier alpha value is -1.71. The Labute approximate surface area is 150 Å². The van der Waals surface area contributed by atoms with Crippen LogP contribution < -0.4 is 0 Å². The third-order valence-corrected chi connectivity index (χ3v) is 2.93. The third kappa shape index (κ3) is 6.51. The quantitative estimate of drug-likeness (QED) is 0.723. The summed E-state index contributed by atoms with van der Waals surface area (Å²) in [6, 6.07) is 2.05. The SMILES string of the molecule is C=C(Br)/C=C\C(=C/CC)c1c(C#N)cn(C)c1C(=O)O.CSC. The van der Waals surface area contributed by atoms with Crippen LogP contribution in [-0.4, -0.2) is 28.2 Å². The number of thioether (sulfide) groups is 1. The number of nitriles is 1. The summed E-state index contributed by atoms with van der Waals surface area (Å²) in [7, 11) is 1.62. The molecular formula is C17H21BrN2O2S. The molecule has 0 spiro atoms. The largest absolute Gasteiger partial charge is 0.477 e. The number of nitrogens with zero attached hydrogens (tertiary/aromatic N) is 2. The Morgan fingerprint density at radius 3 is 2.48 bits per heavy atom. The zero-order valence-corrected chi connectivity index (χ0v) is 16.2. The Bertz CT molecular complexity index is 667. The molecule has 0 aliphatic rings. The monoisotopic (exact) mass is 396 g/mol. The molecule has 0 atom stereocenters. The zero-order chi connectivity index (χ0) is 18.0. The van der Waals surface area contributed by atoms with E-state index in [1.807, 2.05) is 31.6 Å². The van der Waals surface area contributed by atoms with Crippen molar-refractivity contribution in [2.45, 2.75) is 13.3 Å². The summed E-state index contributed by atoms with van der Waals surface area (Å²) in [6.07, 6.45) is 11.7. The Morgan fingerprint density at radius 2 is 2.09 bits per heavy atom. The van der Waals surface area contributed by atoms with Crippen molar-refractivity contribution in [3.05, 3.63) is 52.3 Å². The molecule has 0 saturated heterocycles. The Balaban J connectivity index is 0.00000149. The first-order valence-corrected chi connectivity index (χ1v) is 9.22. The molecule has 4 nitrogen and oxygen atoms in total. The summed E-state index contributed by atoms with van der Waals surface area (Å²) in [4.78, 5) is 11.4. The molecule has 0 aromatic carbocycles. The second kappa shape index (κ2) is 10.9. The first-order valence-electron chi connectivity index (χ1n) is 6.79. The molecule has 0 aliphatic heterocycles. The van der Waals surface area contributed by atoms with Gasteiger partial charge in [-0.1, -0.05) is 41.6 Å². The van der Waals surface area contributed by atoms with Crippen LogP contribution >= 0.6 is 27.7 Å². The summed E-state index contributed by atoms with van der Waals surface area (Å²) in [5.74, 6) is -1.06. The first kappa shape index (κ1) is 21.3. The predicted octanol–water partition coefficient (Wildman–Crippen LogP) is 4.83. The van der Waals surface area contributed by atoms with Crippen LogP contribution in [0.2, 0.25) is 0 Å². The molecule has 23 heavy (non-hydrogen) atoms. The number of allylic oxidation sites excluding steroid dienone is 5. The van der Waals surface area contributed by atoms with Crippen molar-refractivity contribution < 1.29 is 9.90 Å². The van der Waals surface area contributed by atoms with E-state index >= 15 is 0 Å². The molecule has 6 heteroatoms. The van der Waals surface area contributed by atoms with Gasteiger partial charge in [0.2, 0.25) is 0 Å². The molecule has 0 saturated carbocycles. The van der Waals surface area contributed by atoms with Crippen LogP contribution in [0, 0.1) is 11.3 Å². The minimum atomic E-state index is -1.06. The van der Waals surface area contributed by atoms with E-state index in [0.29, 0.717) is 21.2 Å². The molecule has 0 aliphatic carbocycles. The highest BCUT2D eigenvalue weighted by Crippen LogP contribution is 2.27. The fourth-order valence-corrected chi connectivity index (χ4v) is 2.05. The van der Waals surface area contributed by atoms with E-state index in [1.165, 1.54) is 10.8 Å². The number of carboxylic acids is 1. The average molecular weight is 397 g/mol. The molecular weight excluding hydrogens is 376 g/mol. The molecule has 1 rings (SSSR count). The minimum absolute atomic E-state index is 0.103. The molecule has 1 N–H and O–H groups in total. The molecule has 124 valence electrons. The second-order valence-electron chi connectivity index (χ2n) is 4.55. The number of aromatic nitrogens is 1. The Kier molecular flexibility index (Phi) is 10.1. The number of aryl methyl sites for hydroxylation is 1. The van der Waals surface area contributed by atoms with Gasteiger partial charge in [0.05, 0.1) is 5.56 Å². The first-order chi connectivity index (χ1) is 10.8. The fraction of sp³-hybridized carbons (Fsp3) is 0.294. The fourth-order valence-electron chi connectivity index (χ4n) is 1.91.